The summed E-state index contributed by atoms with van der Waals surface area (Å²) in [5.41, 5.74) is -0.226. The second-order valence-corrected chi connectivity index (χ2v) is 3.60. The number of aromatic nitrogens is 2. The Balaban J connectivity index is 2.12. The predicted molar refractivity (Wildman–Crippen MR) is 58.8 cm³/mol. The van der Waals surface area contributed by atoms with Crippen molar-refractivity contribution in [2.45, 2.75) is 6.10 Å². The number of methoxy groups -OCH3 is 1. The number of H-pyrrole nitrogens is 1. The third-order valence-corrected chi connectivity index (χ3v) is 2.52. The van der Waals surface area contributed by atoms with Crippen LogP contribution in [-0.2, 0) is 14.3 Å². The molecule has 1 saturated heterocycles. The van der Waals surface area contributed by atoms with Gasteiger partial charge in [-0.2, -0.15) is 0 Å². The maximum absolute atomic E-state index is 11.3. The standard InChI is InChI=1S/C10H13N3O4/c1-16-10(15)7-5-13(2-3-17-7)8-4-9(14)12-6-11-8/h4,6-7H,2-3,5H2,1H3,(H,11,12,14). The van der Waals surface area contributed by atoms with Crippen molar-refractivity contribution in [1.29, 1.82) is 0 Å². The Hall–Kier alpha value is -1.89. The van der Waals surface area contributed by atoms with Gasteiger partial charge < -0.3 is 19.4 Å². The second kappa shape index (κ2) is 4.96. The molecule has 7 heteroatoms. The van der Waals surface area contributed by atoms with E-state index in [1.165, 1.54) is 19.5 Å². The van der Waals surface area contributed by atoms with Crippen LogP contribution < -0.4 is 10.5 Å². The molecule has 1 atom stereocenters. The Labute approximate surface area is 97.4 Å². The maximum atomic E-state index is 11.3. The van der Waals surface area contributed by atoms with Gasteiger partial charge in [0.15, 0.2) is 6.10 Å². The van der Waals surface area contributed by atoms with E-state index in [4.69, 9.17) is 4.74 Å². The average Bonchev–Trinajstić information content (AvgIpc) is 2.38. The summed E-state index contributed by atoms with van der Waals surface area (Å²) in [4.78, 5) is 30.8. The molecule has 7 nitrogen and oxygen atoms in total. The number of rotatable bonds is 2. The Bertz CT molecular complexity index is 459. The highest BCUT2D eigenvalue weighted by Gasteiger charge is 2.28. The summed E-state index contributed by atoms with van der Waals surface area (Å²) in [5.74, 6) is 0.116. The van der Waals surface area contributed by atoms with Crippen LogP contribution in [0.15, 0.2) is 17.2 Å². The van der Waals surface area contributed by atoms with Crippen molar-refractivity contribution in [1.82, 2.24) is 9.97 Å². The molecule has 1 aromatic rings. The first-order chi connectivity index (χ1) is 8.20. The smallest absolute Gasteiger partial charge is 0.336 e. The molecule has 0 saturated carbocycles. The minimum atomic E-state index is -0.630. The van der Waals surface area contributed by atoms with E-state index in [9.17, 15) is 9.59 Å². The second-order valence-electron chi connectivity index (χ2n) is 3.60. The Morgan fingerprint density at radius 1 is 1.71 bits per heavy atom. The van der Waals surface area contributed by atoms with Crippen LogP contribution in [0, 0.1) is 0 Å². The van der Waals surface area contributed by atoms with Gasteiger partial charge in [0.05, 0.1) is 26.6 Å². The van der Waals surface area contributed by atoms with Gasteiger partial charge in [0.1, 0.15) is 5.82 Å². The minimum Gasteiger partial charge on any atom is -0.467 e. The summed E-state index contributed by atoms with van der Waals surface area (Å²) >= 11 is 0. The molecule has 0 spiro atoms. The van der Waals surface area contributed by atoms with Gasteiger partial charge in [-0.3, -0.25) is 4.79 Å². The SMILES string of the molecule is COC(=O)C1CN(c2cc(=O)[nH]cn2)CCO1. The van der Waals surface area contributed by atoms with Gasteiger partial charge in [-0.15, -0.1) is 0 Å². The molecular weight excluding hydrogens is 226 g/mol. The summed E-state index contributed by atoms with van der Waals surface area (Å²) in [6.07, 6.45) is 0.704. The molecule has 1 fully saturated rings. The third kappa shape index (κ3) is 2.62. The van der Waals surface area contributed by atoms with Gasteiger partial charge in [-0.05, 0) is 0 Å². The number of carbonyl (C=O) groups is 1. The van der Waals surface area contributed by atoms with Crippen molar-refractivity contribution in [3.05, 3.63) is 22.7 Å². The molecule has 1 aliphatic rings. The zero-order valence-electron chi connectivity index (χ0n) is 9.38. The van der Waals surface area contributed by atoms with Gasteiger partial charge in [0, 0.05) is 12.6 Å². The van der Waals surface area contributed by atoms with Crippen LogP contribution in [0.2, 0.25) is 0 Å². The fourth-order valence-electron chi connectivity index (χ4n) is 1.66. The van der Waals surface area contributed by atoms with E-state index in [0.29, 0.717) is 25.5 Å². The van der Waals surface area contributed by atoms with Crippen LogP contribution >= 0.6 is 0 Å². The number of carbonyl (C=O) groups excluding carboxylic acids is 1. The maximum Gasteiger partial charge on any atom is 0.336 e. The van der Waals surface area contributed by atoms with Gasteiger partial charge >= 0.3 is 5.97 Å². The van der Waals surface area contributed by atoms with Gasteiger partial charge in [0.25, 0.3) is 5.56 Å². The number of esters is 1. The number of ether oxygens (including phenoxy) is 2. The molecule has 1 aliphatic heterocycles. The number of aromatic amines is 1. The first-order valence-electron chi connectivity index (χ1n) is 5.20. The van der Waals surface area contributed by atoms with Crippen LogP contribution in [0.25, 0.3) is 0 Å². The Morgan fingerprint density at radius 3 is 3.24 bits per heavy atom. The van der Waals surface area contributed by atoms with Crippen LogP contribution in [-0.4, -0.2) is 48.8 Å². The highest BCUT2D eigenvalue weighted by molar-refractivity contribution is 5.75. The van der Waals surface area contributed by atoms with Crippen molar-refractivity contribution in [3.63, 3.8) is 0 Å². The number of morpholine rings is 1. The molecule has 1 aromatic heterocycles. The van der Waals surface area contributed by atoms with E-state index in [0.717, 1.165) is 0 Å². The van der Waals surface area contributed by atoms with E-state index in [-0.39, 0.29) is 5.56 Å². The van der Waals surface area contributed by atoms with Crippen molar-refractivity contribution in [2.75, 3.05) is 31.7 Å². The lowest BCUT2D eigenvalue weighted by Crippen LogP contribution is -2.47. The monoisotopic (exact) mass is 239 g/mol. The highest BCUT2D eigenvalue weighted by Crippen LogP contribution is 2.13. The number of nitrogens with zero attached hydrogens (tertiary/aromatic N) is 2. The zero-order valence-corrected chi connectivity index (χ0v) is 9.38. The van der Waals surface area contributed by atoms with E-state index < -0.39 is 12.1 Å². The number of hydrogen-bond donors (Lipinski definition) is 1. The number of hydrogen-bond acceptors (Lipinski definition) is 6. The molecule has 0 bridgehead atoms. The molecule has 0 aliphatic carbocycles. The molecule has 0 aromatic carbocycles. The van der Waals surface area contributed by atoms with E-state index >= 15 is 0 Å². The van der Waals surface area contributed by atoms with Gasteiger partial charge in [-0.25, -0.2) is 9.78 Å². The molecule has 0 radical (unpaired) electrons. The largest absolute Gasteiger partial charge is 0.467 e. The number of nitrogens with one attached hydrogen (secondary N) is 1. The highest BCUT2D eigenvalue weighted by atomic mass is 16.6. The lowest BCUT2D eigenvalue weighted by atomic mass is 10.2. The first kappa shape index (κ1) is 11.6. The number of anilines is 1. The van der Waals surface area contributed by atoms with Crippen molar-refractivity contribution < 1.29 is 14.3 Å². The van der Waals surface area contributed by atoms with Crippen LogP contribution in [0.5, 0.6) is 0 Å². The minimum absolute atomic E-state index is 0.226. The lowest BCUT2D eigenvalue weighted by molar-refractivity contribution is -0.154. The summed E-state index contributed by atoms with van der Waals surface area (Å²) in [6, 6.07) is 1.39. The van der Waals surface area contributed by atoms with Crippen molar-refractivity contribution in [2.24, 2.45) is 0 Å². The van der Waals surface area contributed by atoms with E-state index in [1.807, 2.05) is 4.90 Å². The van der Waals surface area contributed by atoms with Gasteiger partial charge in [0.2, 0.25) is 0 Å². The molecule has 17 heavy (non-hydrogen) atoms. The molecular formula is C10H13N3O4. The zero-order chi connectivity index (χ0) is 12.3. The van der Waals surface area contributed by atoms with Crippen LogP contribution in [0.3, 0.4) is 0 Å². The van der Waals surface area contributed by atoms with Crippen molar-refractivity contribution in [3.8, 4) is 0 Å². The topological polar surface area (TPSA) is 84.5 Å². The molecule has 92 valence electrons. The quantitative estimate of drug-likeness (QED) is 0.676. The fourth-order valence-corrected chi connectivity index (χ4v) is 1.66. The van der Waals surface area contributed by atoms with Gasteiger partial charge in [-0.1, -0.05) is 0 Å². The van der Waals surface area contributed by atoms with E-state index in [2.05, 4.69) is 14.7 Å². The van der Waals surface area contributed by atoms with Crippen molar-refractivity contribution >= 4 is 11.8 Å². The normalized spacial score (nSPS) is 20.1. The lowest BCUT2D eigenvalue weighted by Gasteiger charge is -2.31. The average molecular weight is 239 g/mol. The van der Waals surface area contributed by atoms with E-state index in [1.54, 1.807) is 0 Å². The molecule has 2 heterocycles. The Morgan fingerprint density at radius 2 is 2.53 bits per heavy atom. The first-order valence-corrected chi connectivity index (χ1v) is 5.20. The molecule has 1 N–H and O–H groups in total. The molecule has 0 amide bonds. The Kier molecular flexibility index (Phi) is 3.38. The third-order valence-electron chi connectivity index (χ3n) is 2.52. The van der Waals surface area contributed by atoms with Crippen LogP contribution in [0.4, 0.5) is 5.82 Å². The summed E-state index contributed by atoms with van der Waals surface area (Å²) in [7, 11) is 1.32. The summed E-state index contributed by atoms with van der Waals surface area (Å²) in [5, 5.41) is 0. The van der Waals surface area contributed by atoms with Crippen LogP contribution in [0.1, 0.15) is 0 Å². The fraction of sp³-hybridized carbons (Fsp3) is 0.500. The molecule has 2 rings (SSSR count). The predicted octanol–water partition coefficient (Wildman–Crippen LogP) is -0.852. The summed E-state index contributed by atoms with van der Waals surface area (Å²) < 4.78 is 9.90. The summed E-state index contributed by atoms with van der Waals surface area (Å²) in [6.45, 7) is 1.32. The molecule has 1 unspecified atom stereocenters.